The maximum Gasteiger partial charge on any atom is 0.341 e. The lowest BCUT2D eigenvalue weighted by Crippen LogP contribution is -2.25. The molecule has 0 spiro atoms. The molecular weight excluding hydrogens is 328 g/mol. The van der Waals surface area contributed by atoms with Crippen molar-refractivity contribution in [3.05, 3.63) is 98.7 Å². The van der Waals surface area contributed by atoms with Crippen molar-refractivity contribution in [1.82, 2.24) is 9.55 Å². The summed E-state index contributed by atoms with van der Waals surface area (Å²) in [5, 5.41) is 9.65. The first-order valence-corrected chi connectivity index (χ1v) is 8.38. The van der Waals surface area contributed by atoms with E-state index in [2.05, 4.69) is 4.98 Å². The highest BCUT2D eigenvalue weighted by Crippen LogP contribution is 2.18. The minimum absolute atomic E-state index is 0.171. The smallest absolute Gasteiger partial charge is 0.341 e. The third kappa shape index (κ3) is 3.57. The van der Waals surface area contributed by atoms with E-state index in [1.165, 1.54) is 6.07 Å². The topological polar surface area (TPSA) is 72.2 Å². The molecule has 132 valence electrons. The van der Waals surface area contributed by atoms with E-state index < -0.39 is 11.4 Å². The standard InChI is InChI=1S/C21H20N2O3/c1-14-7-3-4-8-16(14)12-18-20(21(25)26)19(24)11-15(2)23(18)13-17-9-5-6-10-22-17/h3-11H,12-13H2,1-2H3,(H,25,26). The lowest BCUT2D eigenvalue weighted by molar-refractivity contribution is 0.0693. The average molecular weight is 348 g/mol. The van der Waals surface area contributed by atoms with Gasteiger partial charge in [-0.15, -0.1) is 0 Å². The molecule has 3 aromatic rings. The van der Waals surface area contributed by atoms with E-state index in [4.69, 9.17) is 0 Å². The van der Waals surface area contributed by atoms with Gasteiger partial charge >= 0.3 is 5.97 Å². The van der Waals surface area contributed by atoms with E-state index in [1.807, 2.05) is 60.9 Å². The van der Waals surface area contributed by atoms with Gasteiger partial charge in [0.1, 0.15) is 5.56 Å². The van der Waals surface area contributed by atoms with E-state index in [9.17, 15) is 14.7 Å². The number of aromatic nitrogens is 2. The molecule has 0 saturated heterocycles. The highest BCUT2D eigenvalue weighted by atomic mass is 16.4. The lowest BCUT2D eigenvalue weighted by Gasteiger charge is -2.19. The SMILES string of the molecule is Cc1ccccc1Cc1c(C(=O)O)c(=O)cc(C)n1Cc1ccccn1. The Bertz CT molecular complexity index is 1010. The first kappa shape index (κ1) is 17.6. The average Bonchev–Trinajstić information content (AvgIpc) is 2.60. The van der Waals surface area contributed by atoms with Crippen molar-refractivity contribution in [2.45, 2.75) is 26.8 Å². The molecule has 5 nitrogen and oxygen atoms in total. The van der Waals surface area contributed by atoms with Crippen LogP contribution < -0.4 is 5.43 Å². The van der Waals surface area contributed by atoms with Gasteiger partial charge in [0.15, 0.2) is 5.43 Å². The zero-order valence-corrected chi connectivity index (χ0v) is 14.8. The quantitative estimate of drug-likeness (QED) is 0.768. The van der Waals surface area contributed by atoms with Gasteiger partial charge in [-0.1, -0.05) is 30.3 Å². The number of hydrogen-bond acceptors (Lipinski definition) is 3. The maximum atomic E-state index is 12.4. The molecule has 0 atom stereocenters. The number of pyridine rings is 2. The molecule has 0 aliphatic heterocycles. The first-order valence-electron chi connectivity index (χ1n) is 8.38. The Labute approximate surface area is 151 Å². The van der Waals surface area contributed by atoms with Gasteiger partial charge in [0.25, 0.3) is 0 Å². The molecule has 0 radical (unpaired) electrons. The number of aryl methyl sites for hydroxylation is 2. The van der Waals surface area contributed by atoms with Gasteiger partial charge in [-0.3, -0.25) is 9.78 Å². The Morgan fingerprint density at radius 3 is 2.50 bits per heavy atom. The number of carbonyl (C=O) groups is 1. The molecule has 0 aliphatic carbocycles. The number of nitrogens with zero attached hydrogens (tertiary/aromatic N) is 2. The van der Waals surface area contributed by atoms with Gasteiger partial charge in [-0.2, -0.15) is 0 Å². The van der Waals surface area contributed by atoms with Crippen molar-refractivity contribution >= 4 is 5.97 Å². The zero-order chi connectivity index (χ0) is 18.7. The number of hydrogen-bond donors (Lipinski definition) is 1. The van der Waals surface area contributed by atoms with Crippen LogP contribution >= 0.6 is 0 Å². The largest absolute Gasteiger partial charge is 0.477 e. The third-order valence-corrected chi connectivity index (χ3v) is 4.51. The zero-order valence-electron chi connectivity index (χ0n) is 14.8. The summed E-state index contributed by atoms with van der Waals surface area (Å²) in [7, 11) is 0. The summed E-state index contributed by atoms with van der Waals surface area (Å²) < 4.78 is 1.87. The van der Waals surface area contributed by atoms with Crippen molar-refractivity contribution in [3.63, 3.8) is 0 Å². The van der Waals surface area contributed by atoms with Crippen LogP contribution in [0, 0.1) is 13.8 Å². The Kier molecular flexibility index (Phi) is 4.98. The Morgan fingerprint density at radius 2 is 1.85 bits per heavy atom. The molecule has 2 aromatic heterocycles. The third-order valence-electron chi connectivity index (χ3n) is 4.51. The van der Waals surface area contributed by atoms with Crippen LogP contribution in [-0.4, -0.2) is 20.6 Å². The molecule has 0 aliphatic rings. The summed E-state index contributed by atoms with van der Waals surface area (Å²) in [6, 6.07) is 14.8. The second-order valence-electron chi connectivity index (χ2n) is 6.29. The normalized spacial score (nSPS) is 10.7. The Morgan fingerprint density at radius 1 is 1.12 bits per heavy atom. The van der Waals surface area contributed by atoms with Gasteiger partial charge < -0.3 is 9.67 Å². The molecule has 1 N–H and O–H groups in total. The van der Waals surface area contributed by atoms with Gasteiger partial charge in [0, 0.05) is 30.1 Å². The first-order chi connectivity index (χ1) is 12.5. The molecule has 0 bridgehead atoms. The second kappa shape index (κ2) is 7.35. The summed E-state index contributed by atoms with van der Waals surface area (Å²) in [5.41, 5.74) is 3.45. The van der Waals surface area contributed by atoms with Crippen molar-refractivity contribution < 1.29 is 9.90 Å². The molecule has 0 saturated carbocycles. The van der Waals surface area contributed by atoms with E-state index in [0.717, 1.165) is 16.8 Å². The van der Waals surface area contributed by atoms with Crippen molar-refractivity contribution in [2.75, 3.05) is 0 Å². The maximum absolute atomic E-state index is 12.4. The molecule has 2 heterocycles. The number of carboxylic acid groups (broad SMARTS) is 1. The summed E-state index contributed by atoms with van der Waals surface area (Å²) in [6.07, 6.45) is 2.07. The molecule has 0 fully saturated rings. The number of carboxylic acids is 1. The fraction of sp³-hybridized carbons (Fsp3) is 0.190. The fourth-order valence-corrected chi connectivity index (χ4v) is 3.11. The molecule has 5 heteroatoms. The number of benzene rings is 1. The van der Waals surface area contributed by atoms with Gasteiger partial charge in [-0.25, -0.2) is 4.79 Å². The van der Waals surface area contributed by atoms with Crippen molar-refractivity contribution in [3.8, 4) is 0 Å². The van der Waals surface area contributed by atoms with E-state index in [-0.39, 0.29) is 5.56 Å². The number of aromatic carboxylic acids is 1. The van der Waals surface area contributed by atoms with E-state index in [1.54, 1.807) is 6.20 Å². The lowest BCUT2D eigenvalue weighted by atomic mass is 9.99. The minimum Gasteiger partial charge on any atom is -0.477 e. The Balaban J connectivity index is 2.19. The highest BCUT2D eigenvalue weighted by molar-refractivity contribution is 5.89. The van der Waals surface area contributed by atoms with E-state index >= 15 is 0 Å². The van der Waals surface area contributed by atoms with Gasteiger partial charge in [0.05, 0.1) is 12.2 Å². The predicted octanol–water partition coefficient (Wildman–Crippen LogP) is 3.20. The molecular formula is C21H20N2O3. The number of rotatable bonds is 5. The molecule has 26 heavy (non-hydrogen) atoms. The van der Waals surface area contributed by atoms with Crippen LogP contribution in [0.3, 0.4) is 0 Å². The summed E-state index contributed by atoms with van der Waals surface area (Å²) in [6.45, 7) is 4.21. The fourth-order valence-electron chi connectivity index (χ4n) is 3.11. The summed E-state index contributed by atoms with van der Waals surface area (Å²) in [4.78, 5) is 28.5. The summed E-state index contributed by atoms with van der Waals surface area (Å²) in [5.74, 6) is -1.20. The highest BCUT2D eigenvalue weighted by Gasteiger charge is 2.20. The van der Waals surface area contributed by atoms with Crippen LogP contribution in [-0.2, 0) is 13.0 Å². The monoisotopic (exact) mass is 348 g/mol. The molecule has 1 aromatic carbocycles. The summed E-state index contributed by atoms with van der Waals surface area (Å²) >= 11 is 0. The minimum atomic E-state index is -1.20. The second-order valence-corrected chi connectivity index (χ2v) is 6.29. The van der Waals surface area contributed by atoms with Crippen LogP contribution in [0.15, 0.2) is 59.5 Å². The molecule has 0 unspecified atom stereocenters. The van der Waals surface area contributed by atoms with Crippen molar-refractivity contribution in [2.24, 2.45) is 0 Å². The van der Waals surface area contributed by atoms with Gasteiger partial charge in [-0.05, 0) is 37.1 Å². The predicted molar refractivity (Wildman–Crippen MR) is 99.7 cm³/mol. The molecule has 0 amide bonds. The van der Waals surface area contributed by atoms with Crippen LogP contribution in [0.25, 0.3) is 0 Å². The van der Waals surface area contributed by atoms with Crippen LogP contribution in [0.2, 0.25) is 0 Å². The van der Waals surface area contributed by atoms with Crippen LogP contribution in [0.5, 0.6) is 0 Å². The van der Waals surface area contributed by atoms with Gasteiger partial charge in [0.2, 0.25) is 0 Å². The van der Waals surface area contributed by atoms with Crippen LogP contribution in [0.4, 0.5) is 0 Å². The Hall–Kier alpha value is -3.21. The molecule has 3 rings (SSSR count). The van der Waals surface area contributed by atoms with Crippen LogP contribution in [0.1, 0.15) is 38.6 Å². The van der Waals surface area contributed by atoms with Crippen molar-refractivity contribution in [1.29, 1.82) is 0 Å². The van der Waals surface area contributed by atoms with E-state index in [0.29, 0.717) is 24.4 Å².